The van der Waals surface area contributed by atoms with Gasteiger partial charge in [0.15, 0.2) is 0 Å². The average Bonchev–Trinajstić information content (AvgIpc) is 2.78. The predicted octanol–water partition coefficient (Wildman–Crippen LogP) is 1.29. The molecule has 2 aliphatic rings. The second-order valence-corrected chi connectivity index (χ2v) is 5.62. The normalized spacial score (nSPS) is 26.6. The van der Waals surface area contributed by atoms with E-state index in [9.17, 15) is 0 Å². The molecule has 2 bridgehead atoms. The molecule has 2 fully saturated rings. The Morgan fingerprint density at radius 3 is 2.85 bits per heavy atom. The van der Waals surface area contributed by atoms with Gasteiger partial charge in [-0.25, -0.2) is 9.97 Å². The number of nitrogens with zero attached hydrogens (tertiary/aromatic N) is 3. The highest BCUT2D eigenvalue weighted by atomic mass is 16.5. The Morgan fingerprint density at radius 1 is 1.40 bits per heavy atom. The SMILES string of the molecule is COC[C@@H](C)Nc1cc(N2CC3CCC(C2)O3)ncn1. The first-order valence-corrected chi connectivity index (χ1v) is 7.22. The van der Waals surface area contributed by atoms with Gasteiger partial charge in [0.05, 0.1) is 18.8 Å². The number of nitrogens with one attached hydrogen (secondary N) is 1. The van der Waals surface area contributed by atoms with Crippen LogP contribution in [-0.2, 0) is 9.47 Å². The lowest BCUT2D eigenvalue weighted by atomic mass is 10.2. The van der Waals surface area contributed by atoms with Gasteiger partial charge in [-0.3, -0.25) is 0 Å². The van der Waals surface area contributed by atoms with Crippen molar-refractivity contribution in [3.05, 3.63) is 12.4 Å². The van der Waals surface area contributed by atoms with Crippen LogP contribution in [0, 0.1) is 0 Å². The van der Waals surface area contributed by atoms with Gasteiger partial charge in [-0.15, -0.1) is 0 Å². The van der Waals surface area contributed by atoms with Crippen LogP contribution in [0.2, 0.25) is 0 Å². The van der Waals surface area contributed by atoms with Crippen LogP contribution in [0.1, 0.15) is 19.8 Å². The highest BCUT2D eigenvalue weighted by molar-refractivity contribution is 5.49. The molecule has 110 valence electrons. The van der Waals surface area contributed by atoms with Crippen LogP contribution in [0.4, 0.5) is 11.6 Å². The van der Waals surface area contributed by atoms with E-state index in [1.165, 1.54) is 12.8 Å². The molecule has 0 radical (unpaired) electrons. The minimum atomic E-state index is 0.226. The Balaban J connectivity index is 1.68. The third-order valence-corrected chi connectivity index (χ3v) is 3.83. The highest BCUT2D eigenvalue weighted by Gasteiger charge is 2.34. The molecule has 2 saturated heterocycles. The summed E-state index contributed by atoms with van der Waals surface area (Å²) in [6.07, 6.45) is 4.69. The van der Waals surface area contributed by atoms with Crippen molar-refractivity contribution in [3.8, 4) is 0 Å². The number of rotatable bonds is 5. The molecule has 3 rings (SSSR count). The minimum Gasteiger partial charge on any atom is -0.383 e. The van der Waals surface area contributed by atoms with Crippen molar-refractivity contribution in [3.63, 3.8) is 0 Å². The quantitative estimate of drug-likeness (QED) is 0.876. The first-order chi connectivity index (χ1) is 9.74. The fourth-order valence-corrected chi connectivity index (χ4v) is 2.94. The van der Waals surface area contributed by atoms with Crippen LogP contribution >= 0.6 is 0 Å². The largest absolute Gasteiger partial charge is 0.383 e. The molecule has 6 heteroatoms. The van der Waals surface area contributed by atoms with Crippen LogP contribution in [0.15, 0.2) is 12.4 Å². The van der Waals surface area contributed by atoms with Crippen molar-refractivity contribution in [2.45, 2.75) is 38.0 Å². The van der Waals surface area contributed by atoms with Crippen molar-refractivity contribution in [2.24, 2.45) is 0 Å². The van der Waals surface area contributed by atoms with Gasteiger partial charge >= 0.3 is 0 Å². The van der Waals surface area contributed by atoms with Gasteiger partial charge in [-0.05, 0) is 19.8 Å². The van der Waals surface area contributed by atoms with Gasteiger partial charge in [-0.1, -0.05) is 0 Å². The first-order valence-electron chi connectivity index (χ1n) is 7.22. The van der Waals surface area contributed by atoms with E-state index in [2.05, 4.69) is 27.1 Å². The summed E-state index contributed by atoms with van der Waals surface area (Å²) in [5.41, 5.74) is 0. The number of hydrogen-bond acceptors (Lipinski definition) is 6. The number of hydrogen-bond donors (Lipinski definition) is 1. The third-order valence-electron chi connectivity index (χ3n) is 3.83. The Morgan fingerprint density at radius 2 is 2.15 bits per heavy atom. The zero-order valence-corrected chi connectivity index (χ0v) is 12.1. The van der Waals surface area contributed by atoms with E-state index < -0.39 is 0 Å². The monoisotopic (exact) mass is 278 g/mol. The maximum absolute atomic E-state index is 5.86. The van der Waals surface area contributed by atoms with E-state index in [-0.39, 0.29) is 6.04 Å². The molecule has 0 amide bonds. The van der Waals surface area contributed by atoms with Gasteiger partial charge in [0.2, 0.25) is 0 Å². The van der Waals surface area contributed by atoms with E-state index in [4.69, 9.17) is 9.47 Å². The van der Waals surface area contributed by atoms with E-state index in [0.717, 1.165) is 24.7 Å². The number of morpholine rings is 1. The van der Waals surface area contributed by atoms with Crippen LogP contribution < -0.4 is 10.2 Å². The molecule has 1 N–H and O–H groups in total. The standard InChI is InChI=1S/C14H22N4O2/c1-10(8-19-2)17-13-5-14(16-9-15-13)18-6-11-3-4-12(7-18)20-11/h5,9-12H,3-4,6-8H2,1-2H3,(H,15,16,17)/t10-,11?,12?/m1/s1. The summed E-state index contributed by atoms with van der Waals surface area (Å²) in [5.74, 6) is 1.82. The Labute approximate surface area is 119 Å². The lowest BCUT2D eigenvalue weighted by molar-refractivity contribution is 0.0302. The molecule has 0 aliphatic carbocycles. The third kappa shape index (κ3) is 3.02. The smallest absolute Gasteiger partial charge is 0.134 e. The van der Waals surface area contributed by atoms with Gasteiger partial charge in [0.1, 0.15) is 18.0 Å². The number of fused-ring (bicyclic) bond motifs is 2. The van der Waals surface area contributed by atoms with E-state index in [1.807, 2.05) is 6.07 Å². The molecule has 0 aromatic carbocycles. The Hall–Kier alpha value is -1.40. The summed E-state index contributed by atoms with van der Waals surface area (Å²) in [4.78, 5) is 11.0. The lowest BCUT2D eigenvalue weighted by Gasteiger charge is -2.33. The summed E-state index contributed by atoms with van der Waals surface area (Å²) in [7, 11) is 1.70. The number of methoxy groups -OCH3 is 1. The fourth-order valence-electron chi connectivity index (χ4n) is 2.94. The summed E-state index contributed by atoms with van der Waals surface area (Å²) >= 11 is 0. The molecule has 3 heterocycles. The van der Waals surface area contributed by atoms with Crippen LogP contribution in [0.25, 0.3) is 0 Å². The zero-order valence-electron chi connectivity index (χ0n) is 12.1. The zero-order chi connectivity index (χ0) is 13.9. The van der Waals surface area contributed by atoms with Crippen molar-refractivity contribution in [1.82, 2.24) is 9.97 Å². The van der Waals surface area contributed by atoms with Gasteiger partial charge in [0, 0.05) is 32.3 Å². The summed E-state index contributed by atoms with van der Waals surface area (Å²) < 4.78 is 11.0. The number of anilines is 2. The second-order valence-electron chi connectivity index (χ2n) is 5.62. The molecular weight excluding hydrogens is 256 g/mol. The molecule has 2 unspecified atom stereocenters. The maximum Gasteiger partial charge on any atom is 0.134 e. The summed E-state index contributed by atoms with van der Waals surface area (Å²) in [6.45, 7) is 4.59. The molecule has 1 aromatic heterocycles. The average molecular weight is 278 g/mol. The number of ether oxygens (including phenoxy) is 2. The molecule has 20 heavy (non-hydrogen) atoms. The molecule has 6 nitrogen and oxygen atoms in total. The predicted molar refractivity (Wildman–Crippen MR) is 77.1 cm³/mol. The van der Waals surface area contributed by atoms with Crippen LogP contribution in [-0.4, -0.2) is 55.0 Å². The molecule has 0 saturated carbocycles. The lowest BCUT2D eigenvalue weighted by Crippen LogP contribution is -2.43. The first kappa shape index (κ1) is 13.6. The van der Waals surface area contributed by atoms with Gasteiger partial charge in [-0.2, -0.15) is 0 Å². The molecular formula is C14H22N4O2. The van der Waals surface area contributed by atoms with E-state index in [1.54, 1.807) is 13.4 Å². The Kier molecular flexibility index (Phi) is 4.03. The van der Waals surface area contributed by atoms with Crippen LogP contribution in [0.5, 0.6) is 0 Å². The van der Waals surface area contributed by atoms with E-state index in [0.29, 0.717) is 18.8 Å². The molecule has 1 aromatic rings. The topological polar surface area (TPSA) is 59.5 Å². The van der Waals surface area contributed by atoms with Gasteiger partial charge in [0.25, 0.3) is 0 Å². The van der Waals surface area contributed by atoms with Crippen molar-refractivity contribution < 1.29 is 9.47 Å². The van der Waals surface area contributed by atoms with Crippen molar-refractivity contribution in [2.75, 3.05) is 37.0 Å². The van der Waals surface area contributed by atoms with Crippen molar-refractivity contribution >= 4 is 11.6 Å². The fraction of sp³-hybridized carbons (Fsp3) is 0.714. The summed E-state index contributed by atoms with van der Waals surface area (Å²) in [6, 6.07) is 2.24. The molecule has 2 aliphatic heterocycles. The second kappa shape index (κ2) is 5.93. The molecule has 3 atom stereocenters. The molecule has 0 spiro atoms. The van der Waals surface area contributed by atoms with Gasteiger partial charge < -0.3 is 19.7 Å². The highest BCUT2D eigenvalue weighted by Crippen LogP contribution is 2.29. The Bertz CT molecular complexity index is 445. The summed E-state index contributed by atoms with van der Waals surface area (Å²) in [5, 5.41) is 3.33. The van der Waals surface area contributed by atoms with Crippen LogP contribution in [0.3, 0.4) is 0 Å². The van der Waals surface area contributed by atoms with E-state index >= 15 is 0 Å². The maximum atomic E-state index is 5.86. The number of aromatic nitrogens is 2. The van der Waals surface area contributed by atoms with Crippen molar-refractivity contribution in [1.29, 1.82) is 0 Å². The minimum absolute atomic E-state index is 0.226.